The number of thioether (sulfide) groups is 1. The van der Waals surface area contributed by atoms with E-state index in [2.05, 4.69) is 10.1 Å². The molecule has 1 aliphatic rings. The van der Waals surface area contributed by atoms with Crippen LogP contribution >= 0.6 is 23.1 Å². The lowest BCUT2D eigenvalue weighted by Crippen LogP contribution is -2.00. The van der Waals surface area contributed by atoms with Gasteiger partial charge < -0.3 is 0 Å². The first-order chi connectivity index (χ1) is 8.88. The molecule has 0 bridgehead atoms. The molecule has 3 aromatic heterocycles. The Bertz CT molecular complexity index is 743. The van der Waals surface area contributed by atoms with Crippen molar-refractivity contribution in [3.05, 3.63) is 16.8 Å². The average molecular weight is 276 g/mol. The standard InChI is InChI=1S/C12H12N4S2/c1-17-12-15-11-9(10-13-6-14-16(10)12)7-4-2-3-5-8(7)18-11/h6H,2-5H2,1H3. The summed E-state index contributed by atoms with van der Waals surface area (Å²) in [6.45, 7) is 0. The van der Waals surface area contributed by atoms with Gasteiger partial charge in [-0.05, 0) is 37.5 Å². The largest absolute Gasteiger partial charge is 0.214 e. The second kappa shape index (κ2) is 3.93. The average Bonchev–Trinajstić information content (AvgIpc) is 3.00. The van der Waals surface area contributed by atoms with Crippen LogP contribution in [0.1, 0.15) is 23.3 Å². The fourth-order valence-electron chi connectivity index (χ4n) is 2.68. The maximum atomic E-state index is 4.74. The zero-order valence-electron chi connectivity index (χ0n) is 10.0. The Balaban J connectivity index is 2.18. The molecule has 0 unspecified atom stereocenters. The second-order valence-corrected chi connectivity index (χ2v) is 6.34. The van der Waals surface area contributed by atoms with Crippen LogP contribution < -0.4 is 0 Å². The van der Waals surface area contributed by atoms with Gasteiger partial charge in [0.1, 0.15) is 11.2 Å². The molecule has 0 saturated heterocycles. The number of fused-ring (bicyclic) bond motifs is 5. The van der Waals surface area contributed by atoms with Gasteiger partial charge in [0.25, 0.3) is 0 Å². The molecular weight excluding hydrogens is 264 g/mol. The number of rotatable bonds is 1. The number of aryl methyl sites for hydroxylation is 2. The first-order valence-electron chi connectivity index (χ1n) is 6.06. The minimum absolute atomic E-state index is 0.925. The highest BCUT2D eigenvalue weighted by atomic mass is 32.2. The molecule has 0 amide bonds. The second-order valence-electron chi connectivity index (χ2n) is 4.49. The molecule has 3 heterocycles. The Morgan fingerprint density at radius 1 is 1.33 bits per heavy atom. The van der Waals surface area contributed by atoms with Crippen molar-refractivity contribution in [1.29, 1.82) is 0 Å². The summed E-state index contributed by atoms with van der Waals surface area (Å²) in [7, 11) is 0. The van der Waals surface area contributed by atoms with Crippen molar-refractivity contribution in [2.75, 3.05) is 6.26 Å². The highest BCUT2D eigenvalue weighted by molar-refractivity contribution is 7.98. The third kappa shape index (κ3) is 1.36. The van der Waals surface area contributed by atoms with Crippen LogP contribution in [0.15, 0.2) is 11.5 Å². The summed E-state index contributed by atoms with van der Waals surface area (Å²) < 4.78 is 1.87. The molecule has 92 valence electrons. The molecule has 18 heavy (non-hydrogen) atoms. The highest BCUT2D eigenvalue weighted by Crippen LogP contribution is 2.37. The van der Waals surface area contributed by atoms with Crippen LogP contribution in [0.4, 0.5) is 0 Å². The lowest BCUT2D eigenvalue weighted by molar-refractivity contribution is 0.700. The summed E-state index contributed by atoms with van der Waals surface area (Å²) in [4.78, 5) is 11.8. The predicted molar refractivity (Wildman–Crippen MR) is 74.6 cm³/mol. The molecule has 0 N–H and O–H groups in total. The SMILES string of the molecule is CSc1nc2sc3c(c2c2ncnn12)CCCC3. The van der Waals surface area contributed by atoms with Crippen molar-refractivity contribution in [2.24, 2.45) is 0 Å². The summed E-state index contributed by atoms with van der Waals surface area (Å²) >= 11 is 3.46. The van der Waals surface area contributed by atoms with Gasteiger partial charge in [-0.2, -0.15) is 9.61 Å². The van der Waals surface area contributed by atoms with Crippen LogP contribution in [0.5, 0.6) is 0 Å². The Morgan fingerprint density at radius 3 is 3.11 bits per heavy atom. The van der Waals surface area contributed by atoms with Crippen molar-refractivity contribution in [2.45, 2.75) is 30.8 Å². The normalized spacial score (nSPS) is 15.4. The summed E-state index contributed by atoms with van der Waals surface area (Å²) in [5.41, 5.74) is 2.45. The van der Waals surface area contributed by atoms with E-state index in [1.807, 2.05) is 22.1 Å². The molecule has 4 rings (SSSR count). The van der Waals surface area contributed by atoms with E-state index in [1.54, 1.807) is 18.1 Å². The zero-order valence-corrected chi connectivity index (χ0v) is 11.6. The topological polar surface area (TPSA) is 43.1 Å². The molecule has 6 heteroatoms. The van der Waals surface area contributed by atoms with Crippen LogP contribution in [0.3, 0.4) is 0 Å². The fourth-order valence-corrected chi connectivity index (χ4v) is 4.48. The molecular formula is C12H12N4S2. The quantitative estimate of drug-likeness (QED) is 0.506. The number of thiophene rings is 1. The van der Waals surface area contributed by atoms with Gasteiger partial charge in [-0.25, -0.2) is 9.97 Å². The highest BCUT2D eigenvalue weighted by Gasteiger charge is 2.21. The van der Waals surface area contributed by atoms with Crippen molar-refractivity contribution in [3.63, 3.8) is 0 Å². The number of hydrogen-bond acceptors (Lipinski definition) is 5. The number of nitrogens with zero attached hydrogens (tertiary/aromatic N) is 4. The van der Waals surface area contributed by atoms with Crippen LogP contribution in [0, 0.1) is 0 Å². The molecule has 0 fully saturated rings. The third-order valence-electron chi connectivity index (χ3n) is 3.49. The van der Waals surface area contributed by atoms with Crippen molar-refractivity contribution < 1.29 is 0 Å². The van der Waals surface area contributed by atoms with Crippen LogP contribution in [0.25, 0.3) is 15.9 Å². The Kier molecular flexibility index (Phi) is 2.35. The number of aromatic nitrogens is 4. The van der Waals surface area contributed by atoms with E-state index >= 15 is 0 Å². The van der Waals surface area contributed by atoms with E-state index in [0.717, 1.165) is 22.1 Å². The van der Waals surface area contributed by atoms with Gasteiger partial charge in [-0.1, -0.05) is 11.8 Å². The molecule has 1 aliphatic carbocycles. The maximum absolute atomic E-state index is 4.74. The molecule has 0 aliphatic heterocycles. The van der Waals surface area contributed by atoms with Gasteiger partial charge in [0.05, 0.1) is 5.39 Å². The van der Waals surface area contributed by atoms with Gasteiger partial charge >= 0.3 is 0 Å². The molecule has 0 radical (unpaired) electrons. The summed E-state index contributed by atoms with van der Waals surface area (Å²) in [6, 6.07) is 0. The van der Waals surface area contributed by atoms with Gasteiger partial charge in [-0.15, -0.1) is 11.3 Å². The van der Waals surface area contributed by atoms with Gasteiger partial charge in [0.2, 0.25) is 0 Å². The summed E-state index contributed by atoms with van der Waals surface area (Å²) in [5.74, 6) is 0. The van der Waals surface area contributed by atoms with E-state index in [4.69, 9.17) is 4.98 Å². The molecule has 0 saturated carbocycles. The van der Waals surface area contributed by atoms with Gasteiger partial charge in [-0.3, -0.25) is 0 Å². The molecule has 0 aromatic carbocycles. The van der Waals surface area contributed by atoms with Gasteiger partial charge in [0, 0.05) is 4.88 Å². The zero-order chi connectivity index (χ0) is 12.1. The van der Waals surface area contributed by atoms with E-state index in [9.17, 15) is 0 Å². The van der Waals surface area contributed by atoms with Gasteiger partial charge in [0.15, 0.2) is 10.8 Å². The minimum Gasteiger partial charge on any atom is -0.214 e. The Labute approximate surface area is 112 Å². The monoisotopic (exact) mass is 276 g/mol. The summed E-state index contributed by atoms with van der Waals surface area (Å²) in [5, 5.41) is 6.46. The van der Waals surface area contributed by atoms with Crippen LogP contribution in [0.2, 0.25) is 0 Å². The van der Waals surface area contributed by atoms with Crippen molar-refractivity contribution >= 4 is 39.0 Å². The van der Waals surface area contributed by atoms with E-state index < -0.39 is 0 Å². The lowest BCUT2D eigenvalue weighted by Gasteiger charge is -2.10. The fraction of sp³-hybridized carbons (Fsp3) is 0.417. The molecule has 0 atom stereocenters. The maximum Gasteiger partial charge on any atom is 0.192 e. The van der Waals surface area contributed by atoms with Crippen LogP contribution in [-0.2, 0) is 12.8 Å². The smallest absolute Gasteiger partial charge is 0.192 e. The third-order valence-corrected chi connectivity index (χ3v) is 5.30. The Hall–Kier alpha value is -1.14. The number of hydrogen-bond donors (Lipinski definition) is 0. The predicted octanol–water partition coefficient (Wildman–Crippen LogP) is 2.94. The molecule has 4 nitrogen and oxygen atoms in total. The first kappa shape index (κ1) is 10.8. The summed E-state index contributed by atoms with van der Waals surface area (Å²) in [6.07, 6.45) is 8.61. The van der Waals surface area contributed by atoms with Crippen molar-refractivity contribution in [3.8, 4) is 0 Å². The van der Waals surface area contributed by atoms with Crippen LogP contribution in [-0.4, -0.2) is 25.8 Å². The Morgan fingerprint density at radius 2 is 2.22 bits per heavy atom. The lowest BCUT2D eigenvalue weighted by atomic mass is 9.97. The van der Waals surface area contributed by atoms with Crippen molar-refractivity contribution in [1.82, 2.24) is 19.6 Å². The molecule has 3 aromatic rings. The molecule has 0 spiro atoms. The first-order valence-corrected chi connectivity index (χ1v) is 8.10. The van der Waals surface area contributed by atoms with E-state index in [0.29, 0.717) is 0 Å². The van der Waals surface area contributed by atoms with E-state index in [1.165, 1.54) is 35.1 Å². The minimum atomic E-state index is 0.925. The van der Waals surface area contributed by atoms with E-state index in [-0.39, 0.29) is 0 Å².